The van der Waals surface area contributed by atoms with Crippen LogP contribution >= 0.6 is 0 Å². The lowest BCUT2D eigenvalue weighted by Gasteiger charge is -2.10. The van der Waals surface area contributed by atoms with Gasteiger partial charge in [0.1, 0.15) is 0 Å². The molecule has 1 aliphatic rings. The molecule has 0 heterocycles. The molecule has 0 aliphatic heterocycles. The number of hydrogen-bond acceptors (Lipinski definition) is 2. The molecule has 0 saturated heterocycles. The molecule has 0 aromatic heterocycles. The second-order valence-corrected chi connectivity index (χ2v) is 4.35. The van der Waals surface area contributed by atoms with Crippen LogP contribution in [0.15, 0.2) is 0 Å². The Morgan fingerprint density at radius 2 is 2.31 bits per heavy atom. The van der Waals surface area contributed by atoms with Crippen molar-refractivity contribution in [3.05, 3.63) is 0 Å². The predicted molar refractivity (Wildman–Crippen MR) is 53.4 cm³/mol. The highest BCUT2D eigenvalue weighted by atomic mass is 16.1. The summed E-state index contributed by atoms with van der Waals surface area (Å²) in [6.07, 6.45) is 2.47. The minimum absolute atomic E-state index is 0.0860. The molecule has 1 fully saturated rings. The normalized spacial score (nSPS) is 31.5. The number of rotatable bonds is 5. The Hall–Kier alpha value is -0.570. The van der Waals surface area contributed by atoms with Crippen molar-refractivity contribution in [1.29, 1.82) is 0 Å². The van der Waals surface area contributed by atoms with E-state index in [0.29, 0.717) is 11.3 Å². The quantitative estimate of drug-likeness (QED) is 0.662. The summed E-state index contributed by atoms with van der Waals surface area (Å²) in [6, 6.07) is 0. The lowest BCUT2D eigenvalue weighted by atomic mass is 10.0. The van der Waals surface area contributed by atoms with E-state index in [-0.39, 0.29) is 5.91 Å². The van der Waals surface area contributed by atoms with Gasteiger partial charge < -0.3 is 10.6 Å². The van der Waals surface area contributed by atoms with E-state index in [4.69, 9.17) is 0 Å². The van der Waals surface area contributed by atoms with Crippen LogP contribution in [0.3, 0.4) is 0 Å². The van der Waals surface area contributed by atoms with Gasteiger partial charge in [0.15, 0.2) is 0 Å². The van der Waals surface area contributed by atoms with Crippen molar-refractivity contribution in [2.75, 3.05) is 20.1 Å². The summed E-state index contributed by atoms with van der Waals surface area (Å²) in [7, 11) is 1.98. The average Bonchev–Trinajstić information content (AvgIpc) is 2.71. The Morgan fingerprint density at radius 3 is 2.85 bits per heavy atom. The van der Waals surface area contributed by atoms with E-state index < -0.39 is 0 Å². The SMILES string of the molecule is CNCCC1(C)CC1CNC(C)=O. The topological polar surface area (TPSA) is 41.1 Å². The smallest absolute Gasteiger partial charge is 0.216 e. The summed E-state index contributed by atoms with van der Waals surface area (Å²) in [6.45, 7) is 5.81. The molecule has 1 amide bonds. The zero-order chi connectivity index (χ0) is 9.90. The number of hydrogen-bond donors (Lipinski definition) is 2. The van der Waals surface area contributed by atoms with Gasteiger partial charge in [-0.25, -0.2) is 0 Å². The monoisotopic (exact) mass is 184 g/mol. The van der Waals surface area contributed by atoms with E-state index in [0.717, 1.165) is 13.1 Å². The molecule has 0 aromatic rings. The van der Waals surface area contributed by atoms with Gasteiger partial charge in [0, 0.05) is 13.5 Å². The number of carbonyl (C=O) groups is 1. The minimum Gasteiger partial charge on any atom is -0.356 e. The van der Waals surface area contributed by atoms with Crippen LogP contribution in [0.1, 0.15) is 26.7 Å². The van der Waals surface area contributed by atoms with Crippen LogP contribution in [0.2, 0.25) is 0 Å². The summed E-state index contributed by atoms with van der Waals surface area (Å²) >= 11 is 0. The van der Waals surface area contributed by atoms with Gasteiger partial charge in [0.2, 0.25) is 5.91 Å². The first-order valence-corrected chi connectivity index (χ1v) is 4.97. The number of amides is 1. The van der Waals surface area contributed by atoms with Crippen LogP contribution in [0.5, 0.6) is 0 Å². The summed E-state index contributed by atoms with van der Waals surface area (Å²) in [5.74, 6) is 0.785. The lowest BCUT2D eigenvalue weighted by molar-refractivity contribution is -0.119. The van der Waals surface area contributed by atoms with Crippen molar-refractivity contribution in [3.8, 4) is 0 Å². The molecule has 1 aliphatic carbocycles. The van der Waals surface area contributed by atoms with Gasteiger partial charge in [-0.2, -0.15) is 0 Å². The molecule has 2 atom stereocenters. The van der Waals surface area contributed by atoms with E-state index in [1.165, 1.54) is 12.8 Å². The number of nitrogens with one attached hydrogen (secondary N) is 2. The molecule has 2 unspecified atom stereocenters. The molecule has 3 nitrogen and oxygen atoms in total. The van der Waals surface area contributed by atoms with Crippen LogP contribution in [0, 0.1) is 11.3 Å². The van der Waals surface area contributed by atoms with Crippen LogP contribution in [-0.4, -0.2) is 26.0 Å². The van der Waals surface area contributed by atoms with Crippen molar-refractivity contribution in [3.63, 3.8) is 0 Å². The molecule has 76 valence electrons. The summed E-state index contributed by atoms with van der Waals surface area (Å²) in [4.78, 5) is 10.7. The van der Waals surface area contributed by atoms with Gasteiger partial charge in [0.25, 0.3) is 0 Å². The van der Waals surface area contributed by atoms with E-state index >= 15 is 0 Å². The van der Waals surface area contributed by atoms with E-state index in [9.17, 15) is 4.79 Å². The zero-order valence-electron chi connectivity index (χ0n) is 8.81. The summed E-state index contributed by atoms with van der Waals surface area (Å²) in [5.41, 5.74) is 0.478. The Labute approximate surface area is 80.3 Å². The Morgan fingerprint density at radius 1 is 1.62 bits per heavy atom. The van der Waals surface area contributed by atoms with Gasteiger partial charge in [-0.05, 0) is 37.8 Å². The Balaban J connectivity index is 2.15. The second-order valence-electron chi connectivity index (χ2n) is 4.35. The van der Waals surface area contributed by atoms with Gasteiger partial charge >= 0.3 is 0 Å². The maximum atomic E-state index is 10.7. The molecule has 1 saturated carbocycles. The molecular formula is C10H20N2O. The lowest BCUT2D eigenvalue weighted by Crippen LogP contribution is -2.24. The third-order valence-corrected chi connectivity index (χ3v) is 3.08. The maximum absolute atomic E-state index is 10.7. The van der Waals surface area contributed by atoms with Crippen LogP contribution in [0.4, 0.5) is 0 Å². The Kier molecular flexibility index (Phi) is 3.31. The Bertz CT molecular complexity index is 193. The summed E-state index contributed by atoms with van der Waals surface area (Å²) < 4.78 is 0. The van der Waals surface area contributed by atoms with Gasteiger partial charge in [-0.3, -0.25) is 4.79 Å². The average molecular weight is 184 g/mol. The fourth-order valence-electron chi connectivity index (χ4n) is 1.81. The van der Waals surface area contributed by atoms with Crippen LogP contribution in [0.25, 0.3) is 0 Å². The number of carbonyl (C=O) groups excluding carboxylic acids is 1. The first-order valence-electron chi connectivity index (χ1n) is 4.97. The highest BCUT2D eigenvalue weighted by Crippen LogP contribution is 2.54. The first-order chi connectivity index (χ1) is 6.08. The first kappa shape index (κ1) is 10.5. The van der Waals surface area contributed by atoms with Crippen molar-refractivity contribution < 1.29 is 4.79 Å². The molecule has 0 bridgehead atoms. The molecule has 1 rings (SSSR count). The molecule has 3 heteroatoms. The third kappa shape index (κ3) is 2.99. The fraction of sp³-hybridized carbons (Fsp3) is 0.900. The fourth-order valence-corrected chi connectivity index (χ4v) is 1.81. The van der Waals surface area contributed by atoms with E-state index in [1.54, 1.807) is 6.92 Å². The van der Waals surface area contributed by atoms with Crippen molar-refractivity contribution >= 4 is 5.91 Å². The van der Waals surface area contributed by atoms with Gasteiger partial charge in [-0.1, -0.05) is 6.92 Å². The standard InChI is InChI=1S/C10H20N2O/c1-8(13)12-7-9-6-10(9,2)4-5-11-3/h9,11H,4-7H2,1-3H3,(H,12,13). The second kappa shape index (κ2) is 4.09. The maximum Gasteiger partial charge on any atom is 0.216 e. The van der Waals surface area contributed by atoms with Gasteiger partial charge in [0.05, 0.1) is 0 Å². The molecular weight excluding hydrogens is 164 g/mol. The summed E-state index contributed by atoms with van der Waals surface area (Å²) in [5, 5.41) is 6.04. The van der Waals surface area contributed by atoms with Crippen molar-refractivity contribution in [1.82, 2.24) is 10.6 Å². The zero-order valence-corrected chi connectivity index (χ0v) is 8.81. The molecule has 2 N–H and O–H groups in total. The highest BCUT2D eigenvalue weighted by Gasteiger charge is 2.48. The molecule has 0 spiro atoms. The van der Waals surface area contributed by atoms with Gasteiger partial charge in [-0.15, -0.1) is 0 Å². The van der Waals surface area contributed by atoms with Crippen LogP contribution in [-0.2, 0) is 4.79 Å². The van der Waals surface area contributed by atoms with Crippen LogP contribution < -0.4 is 10.6 Å². The third-order valence-electron chi connectivity index (χ3n) is 3.08. The largest absolute Gasteiger partial charge is 0.356 e. The highest BCUT2D eigenvalue weighted by molar-refractivity contribution is 5.72. The van der Waals surface area contributed by atoms with E-state index in [1.807, 2.05) is 7.05 Å². The van der Waals surface area contributed by atoms with Crippen molar-refractivity contribution in [2.45, 2.75) is 26.7 Å². The minimum atomic E-state index is 0.0860. The molecule has 0 radical (unpaired) electrons. The molecule has 0 aromatic carbocycles. The predicted octanol–water partition coefficient (Wildman–Crippen LogP) is 0.758. The van der Waals surface area contributed by atoms with E-state index in [2.05, 4.69) is 17.6 Å². The molecule has 13 heavy (non-hydrogen) atoms. The van der Waals surface area contributed by atoms with Crippen molar-refractivity contribution in [2.24, 2.45) is 11.3 Å².